The summed E-state index contributed by atoms with van der Waals surface area (Å²) in [6.45, 7) is 0. The zero-order valence-electron chi connectivity index (χ0n) is 9.10. The number of rotatable bonds is 2. The van der Waals surface area contributed by atoms with Gasteiger partial charge in [0.1, 0.15) is 11.5 Å². The van der Waals surface area contributed by atoms with Crippen LogP contribution in [0.15, 0.2) is 60.7 Å². The van der Waals surface area contributed by atoms with Crippen LogP contribution in [0.2, 0.25) is 0 Å². The molecule has 2 rings (SSSR count). The number of ether oxygens (including phenoxy) is 1. The minimum absolute atomic E-state index is 0. The van der Waals surface area contributed by atoms with Gasteiger partial charge in [-0.2, -0.15) is 0 Å². The highest BCUT2D eigenvalue weighted by atomic mass is 16.5. The van der Waals surface area contributed by atoms with Crippen molar-refractivity contribution in [1.82, 2.24) is 12.3 Å². The van der Waals surface area contributed by atoms with Crippen LogP contribution in [0.4, 0.5) is 0 Å². The van der Waals surface area contributed by atoms with Crippen LogP contribution in [0.5, 0.6) is 11.5 Å². The van der Waals surface area contributed by atoms with Crippen molar-refractivity contribution in [1.29, 1.82) is 0 Å². The first-order valence-corrected chi connectivity index (χ1v) is 4.23. The Morgan fingerprint density at radius 2 is 0.875 bits per heavy atom. The highest BCUT2D eigenvalue weighted by molar-refractivity contribution is 5.30. The first kappa shape index (κ1) is 16.5. The smallest absolute Gasteiger partial charge is 0.127 e. The average Bonchev–Trinajstić information content (AvgIpc) is 2.21. The van der Waals surface area contributed by atoms with Gasteiger partial charge in [0.2, 0.25) is 0 Å². The van der Waals surface area contributed by atoms with Gasteiger partial charge in [-0.05, 0) is 24.3 Å². The van der Waals surface area contributed by atoms with Gasteiger partial charge in [0, 0.05) is 0 Å². The Kier molecular flexibility index (Phi) is 8.72. The molecule has 0 aliphatic heterocycles. The molecule has 4 heteroatoms. The second-order valence-corrected chi connectivity index (χ2v) is 2.73. The van der Waals surface area contributed by atoms with Gasteiger partial charge in [-0.25, -0.2) is 0 Å². The maximum Gasteiger partial charge on any atom is 0.127 e. The van der Waals surface area contributed by atoms with E-state index >= 15 is 0 Å². The second kappa shape index (κ2) is 8.43. The van der Waals surface area contributed by atoms with E-state index in [1.807, 2.05) is 60.7 Å². The monoisotopic (exact) mass is 222 g/mol. The molecule has 0 aromatic heterocycles. The van der Waals surface area contributed by atoms with Crippen molar-refractivity contribution in [2.24, 2.45) is 0 Å². The fourth-order valence-electron chi connectivity index (χ4n) is 1.11. The van der Waals surface area contributed by atoms with E-state index in [0.717, 1.165) is 11.5 Å². The maximum absolute atomic E-state index is 5.58. The molecule has 0 heterocycles. The topological polar surface area (TPSA) is 111 Å². The summed E-state index contributed by atoms with van der Waals surface area (Å²) in [5.41, 5.74) is 0. The molecule has 0 atom stereocenters. The maximum atomic E-state index is 5.58. The van der Waals surface area contributed by atoms with E-state index in [1.165, 1.54) is 0 Å². The lowest BCUT2D eigenvalue weighted by Gasteiger charge is -2.03. The van der Waals surface area contributed by atoms with Crippen molar-refractivity contribution >= 4 is 0 Å². The zero-order valence-corrected chi connectivity index (χ0v) is 9.10. The van der Waals surface area contributed by atoms with E-state index in [0.29, 0.717) is 0 Å². The van der Waals surface area contributed by atoms with Gasteiger partial charge in [-0.3, -0.25) is 0 Å². The molecule has 0 spiro atoms. The lowest BCUT2D eigenvalue weighted by molar-refractivity contribution is 0.482. The normalized spacial score (nSPS) is 7.75. The molecular formula is C12H18N2O2. The molecule has 0 aliphatic carbocycles. The first-order chi connectivity index (χ1) is 6.45. The molecule has 4 nitrogen and oxygen atoms in total. The molecule has 0 saturated carbocycles. The van der Waals surface area contributed by atoms with Crippen molar-refractivity contribution in [3.05, 3.63) is 60.7 Å². The molecule has 0 aliphatic rings. The fourth-order valence-corrected chi connectivity index (χ4v) is 1.11. The molecule has 2 aromatic rings. The molecule has 0 bridgehead atoms. The van der Waals surface area contributed by atoms with Gasteiger partial charge in [-0.15, -0.1) is 0 Å². The first-order valence-electron chi connectivity index (χ1n) is 4.23. The van der Waals surface area contributed by atoms with Crippen LogP contribution in [0.25, 0.3) is 0 Å². The summed E-state index contributed by atoms with van der Waals surface area (Å²) < 4.78 is 5.58. The van der Waals surface area contributed by atoms with Gasteiger partial charge in [0.05, 0.1) is 0 Å². The van der Waals surface area contributed by atoms with Crippen LogP contribution < -0.4 is 17.0 Å². The van der Waals surface area contributed by atoms with Crippen molar-refractivity contribution in [3.63, 3.8) is 0 Å². The number of benzene rings is 2. The van der Waals surface area contributed by atoms with Gasteiger partial charge in [-0.1, -0.05) is 36.4 Å². The molecule has 0 amide bonds. The third-order valence-corrected chi connectivity index (χ3v) is 1.72. The van der Waals surface area contributed by atoms with Crippen LogP contribution >= 0.6 is 0 Å². The number of hydrogen-bond donors (Lipinski definition) is 2. The molecule has 0 radical (unpaired) electrons. The van der Waals surface area contributed by atoms with Crippen molar-refractivity contribution in [3.8, 4) is 11.5 Å². The molecule has 16 heavy (non-hydrogen) atoms. The minimum Gasteiger partial charge on any atom is -0.457 e. The van der Waals surface area contributed by atoms with Crippen LogP contribution in [-0.4, -0.2) is 5.48 Å². The van der Waals surface area contributed by atoms with Crippen molar-refractivity contribution in [2.45, 2.75) is 0 Å². The molecular weight excluding hydrogens is 204 g/mol. The highest BCUT2D eigenvalue weighted by Crippen LogP contribution is 2.19. The Balaban J connectivity index is 0. The van der Waals surface area contributed by atoms with Crippen molar-refractivity contribution in [2.75, 3.05) is 0 Å². The largest absolute Gasteiger partial charge is 0.457 e. The SMILES string of the molecule is N.N.O.c1ccc(Oc2ccccc2)cc1. The Morgan fingerprint density at radius 3 is 1.19 bits per heavy atom. The summed E-state index contributed by atoms with van der Waals surface area (Å²) in [5.74, 6) is 1.74. The van der Waals surface area contributed by atoms with E-state index in [1.54, 1.807) is 0 Å². The number of para-hydroxylation sites is 2. The highest BCUT2D eigenvalue weighted by Gasteiger charge is 1.92. The van der Waals surface area contributed by atoms with Gasteiger partial charge in [0.25, 0.3) is 0 Å². The summed E-state index contributed by atoms with van der Waals surface area (Å²) in [6, 6.07) is 19.5. The Bertz CT molecular complexity index is 328. The van der Waals surface area contributed by atoms with Crippen LogP contribution in [0, 0.1) is 0 Å². The third kappa shape index (κ3) is 4.56. The third-order valence-electron chi connectivity index (χ3n) is 1.72. The summed E-state index contributed by atoms with van der Waals surface area (Å²) in [7, 11) is 0. The van der Waals surface area contributed by atoms with E-state index in [2.05, 4.69) is 0 Å². The van der Waals surface area contributed by atoms with Gasteiger partial charge in [0.15, 0.2) is 0 Å². The van der Waals surface area contributed by atoms with E-state index in [9.17, 15) is 0 Å². The Morgan fingerprint density at radius 1 is 0.562 bits per heavy atom. The van der Waals surface area contributed by atoms with Crippen LogP contribution in [-0.2, 0) is 0 Å². The second-order valence-electron chi connectivity index (χ2n) is 2.73. The summed E-state index contributed by atoms with van der Waals surface area (Å²) in [4.78, 5) is 0. The molecule has 0 saturated heterocycles. The lowest BCUT2D eigenvalue weighted by Crippen LogP contribution is -1.81. The van der Waals surface area contributed by atoms with E-state index < -0.39 is 0 Å². The van der Waals surface area contributed by atoms with Crippen molar-refractivity contribution < 1.29 is 10.2 Å². The Hall–Kier alpha value is -1.88. The molecule has 8 N–H and O–H groups in total. The predicted molar refractivity (Wildman–Crippen MR) is 66.6 cm³/mol. The van der Waals surface area contributed by atoms with Gasteiger partial charge >= 0.3 is 0 Å². The van der Waals surface area contributed by atoms with Gasteiger partial charge < -0.3 is 22.5 Å². The van der Waals surface area contributed by atoms with E-state index in [-0.39, 0.29) is 17.8 Å². The van der Waals surface area contributed by atoms with Crippen LogP contribution in [0.3, 0.4) is 0 Å². The molecule has 0 fully saturated rings. The summed E-state index contributed by atoms with van der Waals surface area (Å²) in [5, 5.41) is 0. The predicted octanol–water partition coefficient (Wildman–Crippen LogP) is 2.98. The summed E-state index contributed by atoms with van der Waals surface area (Å²) >= 11 is 0. The quantitative estimate of drug-likeness (QED) is 0.814. The van der Waals surface area contributed by atoms with Crippen LogP contribution in [0.1, 0.15) is 0 Å². The Labute approximate surface area is 95.4 Å². The number of hydrogen-bond acceptors (Lipinski definition) is 3. The summed E-state index contributed by atoms with van der Waals surface area (Å²) in [6.07, 6.45) is 0. The fraction of sp³-hybridized carbons (Fsp3) is 0. The molecule has 2 aromatic carbocycles. The average molecular weight is 222 g/mol. The molecule has 88 valence electrons. The minimum atomic E-state index is 0. The molecule has 0 unspecified atom stereocenters. The lowest BCUT2D eigenvalue weighted by atomic mass is 10.3. The van der Waals surface area contributed by atoms with E-state index in [4.69, 9.17) is 4.74 Å². The zero-order chi connectivity index (χ0) is 8.93. The standard InChI is InChI=1S/C12H10O.2H3N.H2O/c1-3-7-11(8-4-1)13-12-9-5-2-6-10-12;;;/h1-10H;2*1H3;1H2.